The van der Waals surface area contributed by atoms with Crippen LogP contribution in [0.4, 0.5) is 5.69 Å². The van der Waals surface area contributed by atoms with E-state index < -0.39 is 5.97 Å². The first kappa shape index (κ1) is 12.4. The summed E-state index contributed by atoms with van der Waals surface area (Å²) in [4.78, 5) is 11.8. The lowest BCUT2D eigenvalue weighted by Gasteiger charge is -2.05. The summed E-state index contributed by atoms with van der Waals surface area (Å²) in [6.07, 6.45) is 1.66. The van der Waals surface area contributed by atoms with Crippen LogP contribution < -0.4 is 5.73 Å². The third-order valence-corrected chi connectivity index (χ3v) is 2.47. The molecule has 7 heteroatoms. The largest absolute Gasteiger partial charge is 0.455 e. The molecule has 6 nitrogen and oxygen atoms in total. The van der Waals surface area contributed by atoms with Gasteiger partial charge in [-0.15, -0.1) is 5.10 Å². The number of benzene rings is 1. The summed E-state index contributed by atoms with van der Waals surface area (Å²) in [6, 6.07) is 4.63. The van der Waals surface area contributed by atoms with Gasteiger partial charge in [0.25, 0.3) is 0 Å². The van der Waals surface area contributed by atoms with Crippen molar-refractivity contribution >= 4 is 23.3 Å². The molecule has 94 valence electrons. The Balaban J connectivity index is 2.05. The molecule has 0 unspecified atom stereocenters. The first-order valence-corrected chi connectivity index (χ1v) is 5.51. The van der Waals surface area contributed by atoms with Gasteiger partial charge in [-0.3, -0.25) is 4.68 Å². The van der Waals surface area contributed by atoms with Crippen molar-refractivity contribution in [2.75, 3.05) is 5.73 Å². The fourth-order valence-corrected chi connectivity index (χ4v) is 1.56. The third-order valence-electron chi connectivity index (χ3n) is 2.24. The second-order valence-electron chi connectivity index (χ2n) is 3.69. The summed E-state index contributed by atoms with van der Waals surface area (Å²) < 4.78 is 6.59. The van der Waals surface area contributed by atoms with Crippen molar-refractivity contribution in [1.82, 2.24) is 15.0 Å². The highest BCUT2D eigenvalue weighted by atomic mass is 35.5. The van der Waals surface area contributed by atoms with E-state index >= 15 is 0 Å². The van der Waals surface area contributed by atoms with Crippen molar-refractivity contribution < 1.29 is 9.53 Å². The number of carbonyl (C=O) groups is 1. The Bertz CT molecular complexity index is 582. The summed E-state index contributed by atoms with van der Waals surface area (Å²) in [5.74, 6) is -0.541. The number of rotatable bonds is 3. The van der Waals surface area contributed by atoms with Crippen LogP contribution in [-0.2, 0) is 18.4 Å². The lowest BCUT2D eigenvalue weighted by Crippen LogP contribution is -2.08. The predicted octanol–water partition coefficient (Wildman–Crippen LogP) is 1.41. The standard InChI is InChI=1S/C11H11ClN4O2/c1-16-5-8(14-15-16)6-18-11(17)9-4-7(12)2-3-10(9)13/h2-5H,6,13H2,1H3. The van der Waals surface area contributed by atoms with Gasteiger partial charge in [0.05, 0.1) is 11.8 Å². The normalized spacial score (nSPS) is 10.3. The molecule has 0 saturated heterocycles. The quantitative estimate of drug-likeness (QED) is 0.671. The molecule has 0 atom stereocenters. The highest BCUT2D eigenvalue weighted by Gasteiger charge is 2.12. The maximum Gasteiger partial charge on any atom is 0.340 e. The van der Waals surface area contributed by atoms with Crippen LogP contribution in [0.15, 0.2) is 24.4 Å². The lowest BCUT2D eigenvalue weighted by atomic mass is 10.2. The number of anilines is 1. The summed E-state index contributed by atoms with van der Waals surface area (Å²) in [6.45, 7) is 0.0403. The molecule has 0 radical (unpaired) electrons. The molecular weight excluding hydrogens is 256 g/mol. The number of carbonyl (C=O) groups excluding carboxylic acids is 1. The van der Waals surface area contributed by atoms with E-state index in [0.717, 1.165) is 0 Å². The molecule has 2 N–H and O–H groups in total. The molecule has 18 heavy (non-hydrogen) atoms. The molecule has 0 aliphatic heterocycles. The zero-order valence-corrected chi connectivity index (χ0v) is 10.4. The number of nitrogen functional groups attached to an aromatic ring is 1. The van der Waals surface area contributed by atoms with E-state index in [9.17, 15) is 4.79 Å². The summed E-state index contributed by atoms with van der Waals surface area (Å²) in [5, 5.41) is 7.95. The Morgan fingerprint density at radius 2 is 2.33 bits per heavy atom. The zero-order chi connectivity index (χ0) is 13.1. The molecule has 0 bridgehead atoms. The van der Waals surface area contributed by atoms with E-state index in [0.29, 0.717) is 16.4 Å². The van der Waals surface area contributed by atoms with Gasteiger partial charge in [0.1, 0.15) is 12.3 Å². The summed E-state index contributed by atoms with van der Waals surface area (Å²) >= 11 is 5.79. The summed E-state index contributed by atoms with van der Waals surface area (Å²) in [7, 11) is 1.73. The number of nitrogens with zero attached hydrogens (tertiary/aromatic N) is 3. The van der Waals surface area contributed by atoms with Gasteiger partial charge in [-0.05, 0) is 18.2 Å². The van der Waals surface area contributed by atoms with E-state index in [2.05, 4.69) is 10.3 Å². The number of aromatic nitrogens is 3. The molecule has 0 aliphatic rings. The van der Waals surface area contributed by atoms with Crippen molar-refractivity contribution in [1.29, 1.82) is 0 Å². The van der Waals surface area contributed by atoms with Crippen LogP contribution >= 0.6 is 11.6 Å². The molecule has 2 rings (SSSR count). The van der Waals surface area contributed by atoms with Crippen LogP contribution in [-0.4, -0.2) is 21.0 Å². The Labute approximate surface area is 108 Å². The van der Waals surface area contributed by atoms with E-state index in [4.69, 9.17) is 22.1 Å². The average molecular weight is 267 g/mol. The number of hydrogen-bond donors (Lipinski definition) is 1. The Kier molecular flexibility index (Phi) is 3.47. The predicted molar refractivity (Wildman–Crippen MR) is 66.0 cm³/mol. The maximum absolute atomic E-state index is 11.8. The highest BCUT2D eigenvalue weighted by Crippen LogP contribution is 2.19. The van der Waals surface area contributed by atoms with Gasteiger partial charge in [-0.2, -0.15) is 0 Å². The topological polar surface area (TPSA) is 83.0 Å². The fourth-order valence-electron chi connectivity index (χ4n) is 1.38. The molecule has 1 aromatic carbocycles. The molecule has 0 saturated carbocycles. The Morgan fingerprint density at radius 1 is 1.56 bits per heavy atom. The number of aryl methyl sites for hydroxylation is 1. The number of hydrogen-bond acceptors (Lipinski definition) is 5. The van der Waals surface area contributed by atoms with Gasteiger partial charge in [0, 0.05) is 17.8 Å². The van der Waals surface area contributed by atoms with Gasteiger partial charge in [0.2, 0.25) is 0 Å². The minimum absolute atomic E-state index is 0.0403. The molecule has 0 fully saturated rings. The molecule has 2 aromatic rings. The number of esters is 1. The van der Waals surface area contributed by atoms with Crippen molar-refractivity contribution in [3.8, 4) is 0 Å². The average Bonchev–Trinajstić information content (AvgIpc) is 2.75. The first-order chi connectivity index (χ1) is 8.56. The third kappa shape index (κ3) is 2.78. The van der Waals surface area contributed by atoms with Gasteiger partial charge in [-0.25, -0.2) is 4.79 Å². The smallest absolute Gasteiger partial charge is 0.340 e. The molecule has 0 aliphatic carbocycles. The second-order valence-corrected chi connectivity index (χ2v) is 4.13. The number of ether oxygens (including phenoxy) is 1. The van der Waals surface area contributed by atoms with Crippen LogP contribution in [0.1, 0.15) is 16.1 Å². The van der Waals surface area contributed by atoms with Crippen molar-refractivity contribution in [3.63, 3.8) is 0 Å². The van der Waals surface area contributed by atoms with Gasteiger partial charge >= 0.3 is 5.97 Å². The van der Waals surface area contributed by atoms with Crippen LogP contribution in [0.25, 0.3) is 0 Å². The monoisotopic (exact) mass is 266 g/mol. The fraction of sp³-hybridized carbons (Fsp3) is 0.182. The second kappa shape index (κ2) is 5.05. The first-order valence-electron chi connectivity index (χ1n) is 5.13. The highest BCUT2D eigenvalue weighted by molar-refractivity contribution is 6.31. The van der Waals surface area contributed by atoms with E-state index in [1.165, 1.54) is 10.7 Å². The number of nitrogens with two attached hydrogens (primary N) is 1. The van der Waals surface area contributed by atoms with E-state index in [1.54, 1.807) is 25.4 Å². The molecule has 1 aromatic heterocycles. The van der Waals surface area contributed by atoms with Crippen LogP contribution in [0.2, 0.25) is 5.02 Å². The van der Waals surface area contributed by atoms with Gasteiger partial charge < -0.3 is 10.5 Å². The Hall–Kier alpha value is -2.08. The van der Waals surface area contributed by atoms with Crippen molar-refractivity contribution in [2.45, 2.75) is 6.61 Å². The van der Waals surface area contributed by atoms with Crippen molar-refractivity contribution in [3.05, 3.63) is 40.7 Å². The van der Waals surface area contributed by atoms with Crippen molar-refractivity contribution in [2.24, 2.45) is 7.05 Å². The summed E-state index contributed by atoms with van der Waals surface area (Å²) in [5.41, 5.74) is 6.80. The van der Waals surface area contributed by atoms with E-state index in [-0.39, 0.29) is 12.2 Å². The van der Waals surface area contributed by atoms with Crippen LogP contribution in [0, 0.1) is 0 Å². The van der Waals surface area contributed by atoms with Gasteiger partial charge in [-0.1, -0.05) is 16.8 Å². The minimum atomic E-state index is -0.541. The number of halogens is 1. The lowest BCUT2D eigenvalue weighted by molar-refractivity contribution is 0.0469. The zero-order valence-electron chi connectivity index (χ0n) is 9.63. The SMILES string of the molecule is Cn1cc(COC(=O)c2cc(Cl)ccc2N)nn1. The van der Waals surface area contributed by atoms with Crippen LogP contribution in [0.3, 0.4) is 0 Å². The maximum atomic E-state index is 11.8. The molecular formula is C11H11ClN4O2. The molecule has 0 amide bonds. The minimum Gasteiger partial charge on any atom is -0.455 e. The van der Waals surface area contributed by atoms with Crippen LogP contribution in [0.5, 0.6) is 0 Å². The molecule has 1 heterocycles. The van der Waals surface area contributed by atoms with E-state index in [1.807, 2.05) is 0 Å². The Morgan fingerprint density at radius 3 is 3.00 bits per heavy atom. The van der Waals surface area contributed by atoms with Gasteiger partial charge in [0.15, 0.2) is 0 Å². The molecule has 0 spiro atoms.